The summed E-state index contributed by atoms with van der Waals surface area (Å²) in [5.74, 6) is -0.778. The Morgan fingerprint density at radius 1 is 1.56 bits per heavy atom. The monoisotopic (exact) mass is 340 g/mol. The van der Waals surface area contributed by atoms with Crippen LogP contribution in [0.25, 0.3) is 0 Å². The molecule has 4 nitrogen and oxygen atoms in total. The van der Waals surface area contributed by atoms with Gasteiger partial charge < -0.3 is 9.47 Å². The van der Waals surface area contributed by atoms with E-state index in [2.05, 4.69) is 22.6 Å². The molecule has 0 amide bonds. The Balaban J connectivity index is 2.68. The Hall–Kier alpha value is -0.330. The predicted octanol–water partition coefficient (Wildman–Crippen LogP) is 2.08. The molecule has 0 aliphatic carbocycles. The van der Waals surface area contributed by atoms with E-state index >= 15 is 0 Å². The first-order valence-corrected chi connectivity index (χ1v) is 6.60. The Morgan fingerprint density at radius 3 is 2.50 bits per heavy atom. The molecule has 0 saturated carbocycles. The summed E-state index contributed by atoms with van der Waals surface area (Å²) in [6, 6.07) is 0. The number of hydrogen-bond acceptors (Lipinski definition) is 4. The van der Waals surface area contributed by atoms with Crippen molar-refractivity contribution in [2.45, 2.75) is 50.2 Å². The van der Waals surface area contributed by atoms with Crippen molar-refractivity contribution in [1.82, 2.24) is 0 Å². The summed E-state index contributed by atoms with van der Waals surface area (Å²) in [4.78, 5) is 23.3. The molecule has 1 aliphatic rings. The van der Waals surface area contributed by atoms with E-state index in [0.717, 1.165) is 0 Å². The summed E-state index contributed by atoms with van der Waals surface area (Å²) in [7, 11) is 0. The molecule has 0 spiro atoms. The molecule has 0 aromatic rings. The molecule has 3 unspecified atom stereocenters. The summed E-state index contributed by atoms with van der Waals surface area (Å²) in [6.07, 6.45) is -0.278. The van der Waals surface area contributed by atoms with Gasteiger partial charge in [0.05, 0.1) is 9.34 Å². The molecule has 1 rings (SSSR count). The summed E-state index contributed by atoms with van der Waals surface area (Å²) in [6.45, 7) is 7.33. The van der Waals surface area contributed by atoms with E-state index in [-0.39, 0.29) is 16.0 Å². The Bertz CT molecular complexity index is 300. The van der Waals surface area contributed by atoms with Crippen molar-refractivity contribution in [3.8, 4) is 0 Å². The van der Waals surface area contributed by atoms with Crippen LogP contribution in [-0.2, 0) is 19.1 Å². The minimum Gasteiger partial charge on any atom is -0.459 e. The first-order valence-electron chi connectivity index (χ1n) is 5.35. The largest absolute Gasteiger partial charge is 0.459 e. The van der Waals surface area contributed by atoms with Gasteiger partial charge >= 0.3 is 11.9 Å². The minimum atomic E-state index is -0.756. The lowest BCUT2D eigenvalue weighted by atomic mass is 9.90. The van der Waals surface area contributed by atoms with Gasteiger partial charge in [-0.1, -0.05) is 29.5 Å². The SMILES string of the molecule is CCC(C)(C)C(=O)OC1C(=O)OC(C)C1I. The summed E-state index contributed by atoms with van der Waals surface area (Å²) < 4.78 is 10.1. The van der Waals surface area contributed by atoms with Crippen LogP contribution < -0.4 is 0 Å². The average molecular weight is 340 g/mol. The maximum atomic E-state index is 11.8. The zero-order valence-electron chi connectivity index (χ0n) is 9.95. The molecule has 1 heterocycles. The highest BCUT2D eigenvalue weighted by Gasteiger charge is 2.45. The highest BCUT2D eigenvalue weighted by Crippen LogP contribution is 2.29. The van der Waals surface area contributed by atoms with Gasteiger partial charge in [-0.25, -0.2) is 4.79 Å². The summed E-state index contributed by atoms with van der Waals surface area (Å²) in [5.41, 5.74) is -0.553. The maximum Gasteiger partial charge on any atom is 0.349 e. The molecule has 1 saturated heterocycles. The van der Waals surface area contributed by atoms with Gasteiger partial charge in [0.15, 0.2) is 0 Å². The number of ether oxygens (including phenoxy) is 2. The lowest BCUT2D eigenvalue weighted by molar-refractivity contribution is -0.167. The molecule has 1 aliphatic heterocycles. The van der Waals surface area contributed by atoms with Crippen molar-refractivity contribution in [2.24, 2.45) is 5.41 Å². The average Bonchev–Trinajstić information content (AvgIpc) is 2.45. The van der Waals surface area contributed by atoms with Crippen molar-refractivity contribution >= 4 is 34.5 Å². The highest BCUT2D eigenvalue weighted by atomic mass is 127. The third-order valence-electron chi connectivity index (χ3n) is 2.94. The Labute approximate surface area is 109 Å². The molecule has 3 atom stereocenters. The van der Waals surface area contributed by atoms with Crippen LogP contribution in [-0.4, -0.2) is 28.1 Å². The fraction of sp³-hybridized carbons (Fsp3) is 0.818. The van der Waals surface area contributed by atoms with Crippen LogP contribution in [0.2, 0.25) is 0 Å². The number of carbonyl (C=O) groups excluding carboxylic acids is 2. The third-order valence-corrected chi connectivity index (χ3v) is 4.61. The third kappa shape index (κ3) is 2.67. The van der Waals surface area contributed by atoms with Crippen molar-refractivity contribution in [3.63, 3.8) is 0 Å². The standard InChI is InChI=1S/C11H17IO4/c1-5-11(3,4)10(14)16-8-7(12)6(2)15-9(8)13/h6-8H,5H2,1-4H3. The number of esters is 2. The zero-order valence-corrected chi connectivity index (χ0v) is 12.1. The number of cyclic esters (lactones) is 1. The van der Waals surface area contributed by atoms with Crippen LogP contribution in [0.4, 0.5) is 0 Å². The van der Waals surface area contributed by atoms with E-state index in [1.165, 1.54) is 0 Å². The molecule has 0 aromatic heterocycles. The van der Waals surface area contributed by atoms with E-state index in [1.54, 1.807) is 20.8 Å². The van der Waals surface area contributed by atoms with E-state index in [0.29, 0.717) is 6.42 Å². The van der Waals surface area contributed by atoms with Crippen molar-refractivity contribution in [2.75, 3.05) is 0 Å². The van der Waals surface area contributed by atoms with Crippen LogP contribution in [0, 0.1) is 5.41 Å². The lowest BCUT2D eigenvalue weighted by Crippen LogP contribution is -2.36. The topological polar surface area (TPSA) is 52.6 Å². The van der Waals surface area contributed by atoms with Gasteiger partial charge in [-0.05, 0) is 27.2 Å². The lowest BCUT2D eigenvalue weighted by Gasteiger charge is -2.23. The van der Waals surface area contributed by atoms with Crippen molar-refractivity contribution in [1.29, 1.82) is 0 Å². The Kier molecular flexibility index (Phi) is 4.20. The van der Waals surface area contributed by atoms with Crippen LogP contribution in [0.1, 0.15) is 34.1 Å². The first-order chi connectivity index (χ1) is 7.29. The normalized spacial score (nSPS) is 30.1. The highest BCUT2D eigenvalue weighted by molar-refractivity contribution is 14.1. The summed E-state index contributed by atoms with van der Waals surface area (Å²) in [5, 5.41) is 0. The van der Waals surface area contributed by atoms with Gasteiger partial charge in [0.1, 0.15) is 6.10 Å². The smallest absolute Gasteiger partial charge is 0.349 e. The molecule has 1 fully saturated rings. The van der Waals surface area contributed by atoms with Crippen molar-refractivity contribution < 1.29 is 19.1 Å². The van der Waals surface area contributed by atoms with E-state index < -0.39 is 17.5 Å². The summed E-state index contributed by atoms with van der Waals surface area (Å²) >= 11 is 2.09. The van der Waals surface area contributed by atoms with Gasteiger partial charge in [0.25, 0.3) is 0 Å². The molecule has 0 aromatic carbocycles. The first kappa shape index (κ1) is 13.7. The maximum absolute atomic E-state index is 11.8. The molecular weight excluding hydrogens is 323 g/mol. The van der Waals surface area contributed by atoms with E-state index in [4.69, 9.17) is 9.47 Å². The van der Waals surface area contributed by atoms with Gasteiger partial charge in [0.2, 0.25) is 6.10 Å². The fourth-order valence-corrected chi connectivity index (χ4v) is 1.81. The molecule has 92 valence electrons. The number of carbonyl (C=O) groups is 2. The number of halogens is 1. The molecule has 0 radical (unpaired) electrons. The van der Waals surface area contributed by atoms with Gasteiger partial charge in [-0.2, -0.15) is 0 Å². The number of alkyl halides is 1. The molecule has 5 heteroatoms. The number of hydrogen-bond donors (Lipinski definition) is 0. The van der Waals surface area contributed by atoms with Crippen LogP contribution in [0.15, 0.2) is 0 Å². The molecule has 16 heavy (non-hydrogen) atoms. The zero-order chi connectivity index (χ0) is 12.5. The quantitative estimate of drug-likeness (QED) is 0.449. The van der Waals surface area contributed by atoms with Crippen LogP contribution in [0.5, 0.6) is 0 Å². The predicted molar refractivity (Wildman–Crippen MR) is 67.3 cm³/mol. The van der Waals surface area contributed by atoms with E-state index in [1.807, 2.05) is 6.92 Å². The number of rotatable bonds is 3. The van der Waals surface area contributed by atoms with Gasteiger partial charge in [-0.15, -0.1) is 0 Å². The molecule has 0 N–H and O–H groups in total. The second-order valence-electron chi connectivity index (χ2n) is 4.65. The van der Waals surface area contributed by atoms with E-state index in [9.17, 15) is 9.59 Å². The van der Waals surface area contributed by atoms with Gasteiger partial charge in [0, 0.05) is 0 Å². The van der Waals surface area contributed by atoms with Crippen LogP contribution >= 0.6 is 22.6 Å². The van der Waals surface area contributed by atoms with Crippen LogP contribution in [0.3, 0.4) is 0 Å². The second-order valence-corrected chi connectivity index (χ2v) is 6.09. The fourth-order valence-electron chi connectivity index (χ4n) is 1.22. The molecular formula is C11H17IO4. The Morgan fingerprint density at radius 2 is 2.12 bits per heavy atom. The van der Waals surface area contributed by atoms with Crippen molar-refractivity contribution in [3.05, 3.63) is 0 Å². The van der Waals surface area contributed by atoms with Gasteiger partial charge in [-0.3, -0.25) is 4.79 Å². The molecule has 0 bridgehead atoms. The second kappa shape index (κ2) is 4.89. The minimum absolute atomic E-state index is 0.110.